The molecule has 1 aromatic carbocycles. The number of halogens is 3. The molecule has 0 aliphatic rings. The van der Waals surface area contributed by atoms with Crippen molar-refractivity contribution in [3.05, 3.63) is 33.3 Å². The Morgan fingerprint density at radius 2 is 2.06 bits per heavy atom. The Morgan fingerprint density at radius 3 is 2.76 bits per heavy atom. The topological polar surface area (TPSA) is 29.1 Å². The van der Waals surface area contributed by atoms with E-state index in [4.69, 9.17) is 23.2 Å². The van der Waals surface area contributed by atoms with Gasteiger partial charge in [-0.15, -0.1) is 11.6 Å². The second-order valence-corrected chi connectivity index (χ2v) is 5.30. The van der Waals surface area contributed by atoms with Crippen LogP contribution in [-0.4, -0.2) is 18.3 Å². The molecule has 5 heteroatoms. The Hall–Kier alpha value is -0.250. The maximum absolute atomic E-state index is 11.8. The Balaban J connectivity index is 2.44. The number of hydrogen-bond acceptors (Lipinski definition) is 1. The molecule has 0 aliphatic carbocycles. The van der Waals surface area contributed by atoms with E-state index in [1.165, 1.54) is 0 Å². The number of benzene rings is 1. The van der Waals surface area contributed by atoms with Gasteiger partial charge in [0.15, 0.2) is 0 Å². The van der Waals surface area contributed by atoms with Crippen molar-refractivity contribution in [2.24, 2.45) is 0 Å². The van der Waals surface area contributed by atoms with Gasteiger partial charge >= 0.3 is 0 Å². The molecule has 0 aromatic heterocycles. The number of carbonyl (C=O) groups is 1. The van der Waals surface area contributed by atoms with E-state index in [9.17, 15) is 4.79 Å². The lowest BCUT2D eigenvalue weighted by Crippen LogP contribution is -2.24. The van der Waals surface area contributed by atoms with E-state index in [0.29, 0.717) is 23.0 Å². The summed E-state index contributed by atoms with van der Waals surface area (Å²) in [5, 5.41) is 3.41. The zero-order valence-corrected chi connectivity index (χ0v) is 12.4. The summed E-state index contributed by atoms with van der Waals surface area (Å²) in [6.45, 7) is 0.661. The summed E-state index contributed by atoms with van der Waals surface area (Å²) in [4.78, 5) is 11.8. The highest BCUT2D eigenvalue weighted by Gasteiger charge is 2.09. The summed E-state index contributed by atoms with van der Waals surface area (Å²) in [6, 6.07) is 5.16. The van der Waals surface area contributed by atoms with Crippen molar-refractivity contribution in [2.45, 2.75) is 19.3 Å². The summed E-state index contributed by atoms with van der Waals surface area (Å²) in [5.41, 5.74) is 0.565. The number of nitrogens with one attached hydrogen (secondary N) is 1. The van der Waals surface area contributed by atoms with Gasteiger partial charge in [-0.2, -0.15) is 0 Å². The molecule has 1 amide bonds. The van der Waals surface area contributed by atoms with Crippen molar-refractivity contribution < 1.29 is 4.79 Å². The monoisotopic (exact) mass is 337 g/mol. The third kappa shape index (κ3) is 5.28. The number of alkyl halides is 1. The highest BCUT2D eigenvalue weighted by molar-refractivity contribution is 9.10. The largest absolute Gasteiger partial charge is 0.352 e. The van der Waals surface area contributed by atoms with Gasteiger partial charge in [-0.25, -0.2) is 0 Å². The normalized spacial score (nSPS) is 10.3. The van der Waals surface area contributed by atoms with Crippen LogP contribution in [0.2, 0.25) is 5.02 Å². The number of amides is 1. The molecule has 0 radical (unpaired) electrons. The first kappa shape index (κ1) is 14.8. The Bertz CT molecular complexity index is 385. The molecule has 1 N–H and O–H groups in total. The van der Waals surface area contributed by atoms with Crippen LogP contribution in [0.5, 0.6) is 0 Å². The molecule has 0 spiro atoms. The number of hydrogen-bond donors (Lipinski definition) is 1. The Morgan fingerprint density at radius 1 is 1.29 bits per heavy atom. The van der Waals surface area contributed by atoms with Crippen LogP contribution in [0.3, 0.4) is 0 Å². The van der Waals surface area contributed by atoms with Crippen molar-refractivity contribution in [1.29, 1.82) is 0 Å². The predicted molar refractivity (Wildman–Crippen MR) is 76.1 cm³/mol. The molecule has 0 bridgehead atoms. The summed E-state index contributed by atoms with van der Waals surface area (Å²) in [7, 11) is 0. The first-order chi connectivity index (χ1) is 8.15. The minimum absolute atomic E-state index is 0.106. The molecule has 0 heterocycles. The fourth-order valence-electron chi connectivity index (χ4n) is 1.36. The van der Waals surface area contributed by atoms with Crippen LogP contribution >= 0.6 is 39.1 Å². The molecule has 0 atom stereocenters. The fraction of sp³-hybridized carbons (Fsp3) is 0.417. The smallest absolute Gasteiger partial charge is 0.252 e. The van der Waals surface area contributed by atoms with E-state index in [1.807, 2.05) is 0 Å². The quantitative estimate of drug-likeness (QED) is 0.610. The predicted octanol–water partition coefficient (Wildman–Crippen LogP) is 4.24. The van der Waals surface area contributed by atoms with Crippen LogP contribution < -0.4 is 5.32 Å². The van der Waals surface area contributed by atoms with Gasteiger partial charge in [0.2, 0.25) is 0 Å². The van der Waals surface area contributed by atoms with Gasteiger partial charge in [-0.05, 0) is 47.0 Å². The molecule has 1 rings (SSSR count). The molecule has 94 valence electrons. The molecule has 1 aromatic rings. The maximum atomic E-state index is 11.8. The van der Waals surface area contributed by atoms with E-state index in [2.05, 4.69) is 21.2 Å². The zero-order valence-electron chi connectivity index (χ0n) is 9.31. The Kier molecular flexibility index (Phi) is 6.93. The molecular weight excluding hydrogens is 325 g/mol. The van der Waals surface area contributed by atoms with Gasteiger partial charge in [0.05, 0.1) is 5.56 Å². The molecule has 0 saturated carbocycles. The van der Waals surface area contributed by atoms with Crippen LogP contribution in [0, 0.1) is 0 Å². The fourth-order valence-corrected chi connectivity index (χ4v) is 2.15. The lowest BCUT2D eigenvalue weighted by molar-refractivity contribution is 0.0952. The second-order valence-electron chi connectivity index (χ2n) is 3.63. The third-order valence-electron chi connectivity index (χ3n) is 2.27. The third-order valence-corrected chi connectivity index (χ3v) is 3.46. The molecule has 0 fully saturated rings. The minimum Gasteiger partial charge on any atom is -0.352 e. The summed E-state index contributed by atoms with van der Waals surface area (Å²) < 4.78 is 0.750. The van der Waals surface area contributed by atoms with Crippen molar-refractivity contribution in [2.75, 3.05) is 12.4 Å². The van der Waals surface area contributed by atoms with Crippen molar-refractivity contribution >= 4 is 45.0 Å². The van der Waals surface area contributed by atoms with E-state index in [-0.39, 0.29) is 5.91 Å². The molecule has 0 aliphatic heterocycles. The van der Waals surface area contributed by atoms with Gasteiger partial charge in [0.25, 0.3) is 5.91 Å². The van der Waals surface area contributed by atoms with E-state index >= 15 is 0 Å². The van der Waals surface area contributed by atoms with Crippen LogP contribution in [-0.2, 0) is 0 Å². The highest BCUT2D eigenvalue weighted by atomic mass is 79.9. The van der Waals surface area contributed by atoms with E-state index in [1.54, 1.807) is 18.2 Å². The van der Waals surface area contributed by atoms with Gasteiger partial charge < -0.3 is 5.32 Å². The van der Waals surface area contributed by atoms with Crippen LogP contribution in [0.4, 0.5) is 0 Å². The van der Waals surface area contributed by atoms with Crippen LogP contribution in [0.1, 0.15) is 29.6 Å². The molecule has 0 unspecified atom stereocenters. The first-order valence-electron chi connectivity index (χ1n) is 5.44. The number of rotatable bonds is 6. The summed E-state index contributed by atoms with van der Waals surface area (Å²) in [6.07, 6.45) is 2.95. The summed E-state index contributed by atoms with van der Waals surface area (Å²) >= 11 is 14.7. The molecule has 2 nitrogen and oxygen atoms in total. The van der Waals surface area contributed by atoms with Crippen molar-refractivity contribution in [1.82, 2.24) is 5.32 Å². The van der Waals surface area contributed by atoms with Crippen LogP contribution in [0.25, 0.3) is 0 Å². The standard InChI is InChI=1S/C12H14BrCl2NO/c13-11-5-4-9(15)8-10(11)12(17)16-7-3-1-2-6-14/h4-5,8H,1-3,6-7H2,(H,16,17). The van der Waals surface area contributed by atoms with Crippen LogP contribution in [0.15, 0.2) is 22.7 Å². The average molecular weight is 339 g/mol. The number of carbonyl (C=O) groups excluding carboxylic acids is 1. The zero-order chi connectivity index (χ0) is 12.7. The SMILES string of the molecule is O=C(NCCCCCCl)c1cc(Cl)ccc1Br. The average Bonchev–Trinajstić information content (AvgIpc) is 2.32. The molecule has 0 saturated heterocycles. The van der Waals surface area contributed by atoms with Crippen molar-refractivity contribution in [3.8, 4) is 0 Å². The van der Waals surface area contributed by atoms with Gasteiger partial charge in [-0.3, -0.25) is 4.79 Å². The maximum Gasteiger partial charge on any atom is 0.252 e. The molecule has 17 heavy (non-hydrogen) atoms. The van der Waals surface area contributed by atoms with E-state index in [0.717, 1.165) is 23.7 Å². The Labute approximate surface area is 120 Å². The van der Waals surface area contributed by atoms with Gasteiger partial charge in [-0.1, -0.05) is 18.0 Å². The summed E-state index contributed by atoms with van der Waals surface area (Å²) in [5.74, 6) is 0.568. The van der Waals surface area contributed by atoms with Gasteiger partial charge in [0.1, 0.15) is 0 Å². The second kappa shape index (κ2) is 7.96. The molecular formula is C12H14BrCl2NO. The minimum atomic E-state index is -0.106. The number of unbranched alkanes of at least 4 members (excludes halogenated alkanes) is 2. The highest BCUT2D eigenvalue weighted by Crippen LogP contribution is 2.20. The lowest BCUT2D eigenvalue weighted by atomic mass is 10.2. The lowest BCUT2D eigenvalue weighted by Gasteiger charge is -2.07. The van der Waals surface area contributed by atoms with E-state index < -0.39 is 0 Å². The van der Waals surface area contributed by atoms with Gasteiger partial charge in [0, 0.05) is 21.9 Å². The van der Waals surface area contributed by atoms with Crippen molar-refractivity contribution in [3.63, 3.8) is 0 Å². The first-order valence-corrected chi connectivity index (χ1v) is 7.15.